The molecule has 360 valence electrons. The molecule has 0 fully saturated rings. The maximum absolute atomic E-state index is 5.57. The number of hydrogen-bond acceptors (Lipinski definition) is 8. The molecule has 0 radical (unpaired) electrons. The molecule has 0 spiro atoms. The Morgan fingerprint density at radius 2 is 0.649 bits per heavy atom. The smallest absolute Gasteiger partial charge is 0.241 e. The minimum atomic E-state index is 0.358. The Hall–Kier alpha value is -9.14. The minimum absolute atomic E-state index is 0.358. The van der Waals surface area contributed by atoms with E-state index < -0.39 is 0 Å². The molecule has 0 saturated heterocycles. The molecule has 0 amide bonds. The number of fused-ring (bicyclic) bond motifs is 1. The molecule has 0 aliphatic rings. The van der Waals surface area contributed by atoms with E-state index in [0.717, 1.165) is 78.0 Å². The summed E-state index contributed by atoms with van der Waals surface area (Å²) < 4.78 is 0. The second-order valence-electron chi connectivity index (χ2n) is 19.3. The van der Waals surface area contributed by atoms with Crippen LogP contribution in [0.15, 0.2) is 194 Å². The lowest BCUT2D eigenvalue weighted by atomic mass is 9.93. The first-order chi connectivity index (χ1) is 36.0. The molecule has 0 aliphatic carbocycles. The van der Waals surface area contributed by atoms with Crippen molar-refractivity contribution >= 4 is 45.4 Å². The van der Waals surface area contributed by atoms with Crippen molar-refractivity contribution in [1.29, 1.82) is 0 Å². The third-order valence-corrected chi connectivity index (χ3v) is 13.7. The van der Waals surface area contributed by atoms with Gasteiger partial charge in [0.1, 0.15) is 0 Å². The van der Waals surface area contributed by atoms with Crippen LogP contribution in [0.5, 0.6) is 0 Å². The van der Waals surface area contributed by atoms with Gasteiger partial charge in [0, 0.05) is 33.5 Å². The first-order valence-corrected chi connectivity index (χ1v) is 25.1. The van der Waals surface area contributed by atoms with Crippen LogP contribution in [0.1, 0.15) is 44.5 Å². The van der Waals surface area contributed by atoms with E-state index in [1.807, 2.05) is 102 Å². The average molecular weight is 961 g/mol. The van der Waals surface area contributed by atoms with E-state index in [2.05, 4.69) is 157 Å². The molecule has 0 aliphatic heterocycles. The average Bonchev–Trinajstić information content (AvgIpc) is 3.41. The van der Waals surface area contributed by atoms with Gasteiger partial charge in [0.2, 0.25) is 11.9 Å². The summed E-state index contributed by atoms with van der Waals surface area (Å²) in [6.45, 7) is 17.5. The van der Waals surface area contributed by atoms with Gasteiger partial charge in [0.05, 0.1) is 17.1 Å². The fraction of sp³-hybridized carbons (Fsp3) is 0.121. The Morgan fingerprint density at radius 3 is 1.09 bits per heavy atom. The summed E-state index contributed by atoms with van der Waals surface area (Å²) in [5.74, 6) is 2.78. The van der Waals surface area contributed by atoms with Crippen molar-refractivity contribution in [3.63, 3.8) is 0 Å². The van der Waals surface area contributed by atoms with Crippen molar-refractivity contribution in [1.82, 2.24) is 29.9 Å². The summed E-state index contributed by atoms with van der Waals surface area (Å²) in [6, 6.07) is 67.2. The van der Waals surface area contributed by atoms with Gasteiger partial charge in [0.15, 0.2) is 23.3 Å². The number of hydrogen-bond donors (Lipinski definition) is 0. The summed E-state index contributed by atoms with van der Waals surface area (Å²) in [6.07, 6.45) is 0. The van der Waals surface area contributed by atoms with Gasteiger partial charge < -0.3 is 4.90 Å². The van der Waals surface area contributed by atoms with E-state index in [1.54, 1.807) is 0 Å². The number of aromatic nitrogens is 6. The van der Waals surface area contributed by atoms with Crippen LogP contribution >= 0.6 is 0 Å². The summed E-state index contributed by atoms with van der Waals surface area (Å²) in [5, 5.41) is 2.22. The number of nitrogens with zero attached hydrogens (tertiary/aromatic N) is 8. The summed E-state index contributed by atoms with van der Waals surface area (Å²) in [4.78, 5) is 36.7. The second-order valence-corrected chi connectivity index (χ2v) is 19.3. The van der Waals surface area contributed by atoms with Gasteiger partial charge in [0.25, 0.3) is 0 Å². The molecular weight excluding hydrogens is 905 g/mol. The summed E-state index contributed by atoms with van der Waals surface area (Å²) >= 11 is 0. The highest BCUT2D eigenvalue weighted by Gasteiger charge is 2.30. The van der Waals surface area contributed by atoms with E-state index in [-0.39, 0.29) is 0 Å². The van der Waals surface area contributed by atoms with Crippen LogP contribution in [0.4, 0.5) is 34.6 Å². The molecule has 0 unspecified atom stereocenters. The largest absolute Gasteiger partial charge is 0.309 e. The van der Waals surface area contributed by atoms with Gasteiger partial charge in [-0.25, -0.2) is 14.9 Å². The van der Waals surface area contributed by atoms with Crippen LogP contribution in [0.2, 0.25) is 0 Å². The fourth-order valence-corrected chi connectivity index (χ4v) is 10.7. The van der Waals surface area contributed by atoms with Crippen LogP contribution in [-0.4, -0.2) is 29.9 Å². The van der Waals surface area contributed by atoms with Crippen molar-refractivity contribution < 1.29 is 0 Å². The monoisotopic (exact) mass is 960 g/mol. The van der Waals surface area contributed by atoms with Crippen molar-refractivity contribution in [2.24, 2.45) is 0 Å². The van der Waals surface area contributed by atoms with Gasteiger partial charge in [-0.15, -0.1) is 0 Å². The van der Waals surface area contributed by atoms with Gasteiger partial charge in [-0.3, -0.25) is 0 Å². The van der Waals surface area contributed by atoms with Gasteiger partial charge >= 0.3 is 0 Å². The van der Waals surface area contributed by atoms with E-state index in [0.29, 0.717) is 35.2 Å². The Labute approximate surface area is 433 Å². The highest BCUT2D eigenvalue weighted by atomic mass is 15.4. The molecule has 8 heteroatoms. The predicted octanol–water partition coefficient (Wildman–Crippen LogP) is 17.0. The Kier molecular flexibility index (Phi) is 12.6. The van der Waals surface area contributed by atoms with E-state index in [9.17, 15) is 0 Å². The Balaban J connectivity index is 1.22. The molecule has 2 heterocycles. The topological polar surface area (TPSA) is 83.8 Å². The molecule has 0 saturated carbocycles. The Morgan fingerprint density at radius 1 is 0.297 bits per heavy atom. The van der Waals surface area contributed by atoms with E-state index in [4.69, 9.17) is 29.9 Å². The van der Waals surface area contributed by atoms with Gasteiger partial charge in [-0.05, 0) is 123 Å². The van der Waals surface area contributed by atoms with Crippen molar-refractivity contribution in [3.8, 4) is 56.7 Å². The lowest BCUT2D eigenvalue weighted by Crippen LogP contribution is -2.21. The predicted molar refractivity (Wildman–Crippen MR) is 305 cm³/mol. The van der Waals surface area contributed by atoms with Gasteiger partial charge in [-0.2, -0.15) is 19.9 Å². The van der Waals surface area contributed by atoms with Crippen molar-refractivity contribution in [2.45, 2.75) is 55.4 Å². The highest BCUT2D eigenvalue weighted by Crippen LogP contribution is 2.47. The van der Waals surface area contributed by atoms with Crippen LogP contribution in [0.3, 0.4) is 0 Å². The zero-order chi connectivity index (χ0) is 51.0. The molecule has 11 aromatic rings. The lowest BCUT2D eigenvalue weighted by Gasteiger charge is -2.33. The first-order valence-electron chi connectivity index (χ1n) is 25.1. The van der Waals surface area contributed by atoms with Crippen LogP contribution in [0, 0.1) is 55.4 Å². The lowest BCUT2D eigenvalue weighted by molar-refractivity contribution is 0.957. The number of rotatable bonds is 11. The van der Waals surface area contributed by atoms with Gasteiger partial charge in [-0.1, -0.05) is 187 Å². The first kappa shape index (κ1) is 47.2. The third kappa shape index (κ3) is 9.07. The molecule has 8 nitrogen and oxygen atoms in total. The van der Waals surface area contributed by atoms with E-state index >= 15 is 0 Å². The number of aryl methyl sites for hydroxylation is 8. The molecule has 0 atom stereocenters. The Bertz CT molecular complexity index is 3690. The molecule has 0 N–H and O–H groups in total. The maximum atomic E-state index is 5.57. The SMILES string of the molecule is Cc1cc(C)c(N(c2cc(C)c(N(c3nc(-c4ccccc4)nc(-c4ccccc4)n3)c3nc(-c4ccccc4)nc(-c4ccc5ccccc5c4-c4ccccc4)n3)c(C)c2)c2c(C)cc(C)cc2C)c(C)c1. The third-order valence-electron chi connectivity index (χ3n) is 13.7. The van der Waals surface area contributed by atoms with Crippen LogP contribution in [-0.2, 0) is 0 Å². The highest BCUT2D eigenvalue weighted by molar-refractivity contribution is 6.03. The fourth-order valence-electron chi connectivity index (χ4n) is 10.7. The molecule has 11 rings (SSSR count). The molecule has 2 aromatic heterocycles. The quantitative estimate of drug-likeness (QED) is 0.127. The molecular formula is C66H56N8. The summed E-state index contributed by atoms with van der Waals surface area (Å²) in [7, 11) is 0. The zero-order valence-corrected chi connectivity index (χ0v) is 43.1. The normalized spacial score (nSPS) is 11.2. The zero-order valence-electron chi connectivity index (χ0n) is 43.1. The number of anilines is 6. The molecule has 0 bridgehead atoms. The molecule has 9 aromatic carbocycles. The minimum Gasteiger partial charge on any atom is -0.309 e. The van der Waals surface area contributed by atoms with Crippen molar-refractivity contribution in [3.05, 3.63) is 239 Å². The maximum Gasteiger partial charge on any atom is 0.241 e. The standard InChI is InChI=1S/C66H56N8/c1-41-35-43(3)58(44(4)36-41)73(59-45(5)37-42(2)38-46(59)6)54-39-47(7)60(48(8)40-54)74(65-69-61(51-26-15-10-16-27-51)67-62(70-65)52-28-17-11-18-29-52)66-71-63(53-30-19-12-20-31-53)68-64(72-66)56-34-33-49-23-21-22-32-55(49)57(56)50-24-13-9-14-25-50/h9-40H,1-8H3. The van der Waals surface area contributed by atoms with Crippen LogP contribution < -0.4 is 9.80 Å². The summed E-state index contributed by atoms with van der Waals surface area (Å²) in [5.41, 5.74) is 18.9. The van der Waals surface area contributed by atoms with Crippen molar-refractivity contribution in [2.75, 3.05) is 9.80 Å². The van der Waals surface area contributed by atoms with E-state index in [1.165, 1.54) is 33.4 Å². The van der Waals surface area contributed by atoms with Crippen LogP contribution in [0.25, 0.3) is 67.5 Å². The number of benzene rings is 9. The molecule has 74 heavy (non-hydrogen) atoms. The second kappa shape index (κ2) is 19.8.